The van der Waals surface area contributed by atoms with Crippen molar-refractivity contribution in [3.8, 4) is 0 Å². The molecule has 0 radical (unpaired) electrons. The third kappa shape index (κ3) is 2.86. The molecule has 0 bridgehead atoms. The van der Waals surface area contributed by atoms with Gasteiger partial charge in [-0.25, -0.2) is 0 Å². The second-order valence-corrected chi connectivity index (χ2v) is 5.44. The van der Waals surface area contributed by atoms with Gasteiger partial charge in [-0.15, -0.1) is 0 Å². The lowest BCUT2D eigenvalue weighted by atomic mass is 10.2. The molecule has 1 fully saturated rings. The largest absolute Gasteiger partial charge is 0.363 e. The van der Waals surface area contributed by atoms with Gasteiger partial charge in [0.1, 0.15) is 5.69 Å². The van der Waals surface area contributed by atoms with Gasteiger partial charge in [-0.05, 0) is 41.6 Å². The molecule has 0 saturated carbocycles. The topological polar surface area (TPSA) is 58.4 Å². The van der Waals surface area contributed by atoms with E-state index in [-0.39, 0.29) is 10.6 Å². The lowest BCUT2D eigenvalue weighted by Gasteiger charge is -2.33. The Morgan fingerprint density at radius 1 is 1.59 bits per heavy atom. The highest BCUT2D eigenvalue weighted by atomic mass is 127. The number of nitro benzene ring substituents is 1. The minimum absolute atomic E-state index is 0.200. The normalized spacial score (nSPS) is 20.4. The molecule has 5 nitrogen and oxygen atoms in total. The van der Waals surface area contributed by atoms with Crippen LogP contribution >= 0.6 is 22.6 Å². The Labute approximate surface area is 113 Å². The average molecular weight is 347 g/mol. The lowest BCUT2D eigenvalue weighted by molar-refractivity contribution is -0.384. The van der Waals surface area contributed by atoms with E-state index >= 15 is 0 Å². The first kappa shape index (κ1) is 12.6. The number of hydrogen-bond donors (Lipinski definition) is 1. The van der Waals surface area contributed by atoms with E-state index in [0.29, 0.717) is 6.04 Å². The lowest BCUT2D eigenvalue weighted by Crippen LogP contribution is -2.49. The highest BCUT2D eigenvalue weighted by molar-refractivity contribution is 14.1. The summed E-state index contributed by atoms with van der Waals surface area (Å²) < 4.78 is 0.890. The second kappa shape index (κ2) is 5.18. The minimum Gasteiger partial charge on any atom is -0.363 e. The summed E-state index contributed by atoms with van der Waals surface area (Å²) in [6.07, 6.45) is 0. The van der Waals surface area contributed by atoms with Crippen molar-refractivity contribution in [3.63, 3.8) is 0 Å². The number of anilines is 1. The molecule has 0 amide bonds. The molecule has 1 saturated heterocycles. The molecule has 1 aromatic carbocycles. The summed E-state index contributed by atoms with van der Waals surface area (Å²) in [5, 5.41) is 14.4. The summed E-state index contributed by atoms with van der Waals surface area (Å²) in [7, 11) is 0. The third-order valence-corrected chi connectivity index (χ3v) is 3.51. The van der Waals surface area contributed by atoms with Crippen LogP contribution in [0.15, 0.2) is 18.2 Å². The van der Waals surface area contributed by atoms with Crippen LogP contribution in [0.3, 0.4) is 0 Å². The Kier molecular flexibility index (Phi) is 3.82. The van der Waals surface area contributed by atoms with Crippen LogP contribution in [0.5, 0.6) is 0 Å². The molecular weight excluding hydrogens is 333 g/mol. The van der Waals surface area contributed by atoms with E-state index in [1.807, 2.05) is 12.1 Å². The molecule has 92 valence electrons. The molecule has 1 heterocycles. The number of nitrogens with zero attached hydrogens (tertiary/aromatic N) is 2. The molecule has 0 aliphatic carbocycles. The number of piperazine rings is 1. The van der Waals surface area contributed by atoms with Gasteiger partial charge in [0.15, 0.2) is 0 Å². The van der Waals surface area contributed by atoms with Crippen molar-refractivity contribution in [2.45, 2.75) is 13.0 Å². The predicted octanol–water partition coefficient (Wildman–Crippen LogP) is 2.00. The van der Waals surface area contributed by atoms with Gasteiger partial charge in [0, 0.05) is 35.3 Å². The van der Waals surface area contributed by atoms with Crippen LogP contribution < -0.4 is 10.2 Å². The Morgan fingerprint density at radius 3 is 3.00 bits per heavy atom. The van der Waals surface area contributed by atoms with Crippen molar-refractivity contribution in [2.24, 2.45) is 0 Å². The van der Waals surface area contributed by atoms with Gasteiger partial charge >= 0.3 is 0 Å². The SMILES string of the molecule is CC1CN(c2ccc(I)cc2[N+](=O)[O-])CCN1. The van der Waals surface area contributed by atoms with Crippen LogP contribution in [-0.2, 0) is 0 Å². The Bertz CT molecular complexity index is 439. The van der Waals surface area contributed by atoms with Crippen molar-refractivity contribution in [1.29, 1.82) is 0 Å². The first-order chi connectivity index (χ1) is 8.08. The molecule has 1 aromatic rings. The van der Waals surface area contributed by atoms with Crippen molar-refractivity contribution in [1.82, 2.24) is 5.32 Å². The van der Waals surface area contributed by atoms with Crippen LogP contribution in [0, 0.1) is 13.7 Å². The van der Waals surface area contributed by atoms with Gasteiger partial charge in [0.25, 0.3) is 5.69 Å². The zero-order valence-corrected chi connectivity index (χ0v) is 11.7. The van der Waals surface area contributed by atoms with Crippen molar-refractivity contribution in [2.75, 3.05) is 24.5 Å². The highest BCUT2D eigenvalue weighted by Crippen LogP contribution is 2.30. The maximum atomic E-state index is 11.1. The molecule has 1 N–H and O–H groups in total. The van der Waals surface area contributed by atoms with Gasteiger partial charge in [-0.1, -0.05) is 0 Å². The van der Waals surface area contributed by atoms with Crippen molar-refractivity contribution >= 4 is 34.0 Å². The molecule has 0 aromatic heterocycles. The monoisotopic (exact) mass is 347 g/mol. The van der Waals surface area contributed by atoms with E-state index in [1.54, 1.807) is 6.07 Å². The van der Waals surface area contributed by atoms with E-state index in [9.17, 15) is 10.1 Å². The first-order valence-corrected chi connectivity index (χ1v) is 6.58. The molecule has 1 aliphatic rings. The molecule has 1 aliphatic heterocycles. The second-order valence-electron chi connectivity index (χ2n) is 4.19. The van der Waals surface area contributed by atoms with E-state index < -0.39 is 0 Å². The van der Waals surface area contributed by atoms with E-state index in [1.165, 1.54) is 0 Å². The fourth-order valence-corrected chi connectivity index (χ4v) is 2.54. The van der Waals surface area contributed by atoms with Gasteiger partial charge in [0.2, 0.25) is 0 Å². The summed E-state index contributed by atoms with van der Waals surface area (Å²) in [5.74, 6) is 0. The van der Waals surface area contributed by atoms with Crippen LogP contribution in [0.25, 0.3) is 0 Å². The maximum Gasteiger partial charge on any atom is 0.293 e. The standard InChI is InChI=1S/C11H14IN3O2/c1-8-7-14(5-4-13-8)10-3-2-9(12)6-11(10)15(16)17/h2-3,6,8,13H,4-5,7H2,1H3. The van der Waals surface area contributed by atoms with Gasteiger partial charge < -0.3 is 10.2 Å². The Hall–Kier alpha value is -0.890. The summed E-state index contributed by atoms with van der Waals surface area (Å²) in [5.41, 5.74) is 0.926. The van der Waals surface area contributed by atoms with Gasteiger partial charge in [0.05, 0.1) is 4.92 Å². The summed E-state index contributed by atoms with van der Waals surface area (Å²) in [6.45, 7) is 4.57. The number of hydrogen-bond acceptors (Lipinski definition) is 4. The number of nitrogens with one attached hydrogen (secondary N) is 1. The quantitative estimate of drug-likeness (QED) is 0.505. The van der Waals surface area contributed by atoms with Crippen LogP contribution in [0.1, 0.15) is 6.92 Å². The van der Waals surface area contributed by atoms with Crippen molar-refractivity contribution < 1.29 is 4.92 Å². The molecule has 17 heavy (non-hydrogen) atoms. The first-order valence-electron chi connectivity index (χ1n) is 5.50. The summed E-state index contributed by atoms with van der Waals surface area (Å²) >= 11 is 2.10. The molecule has 0 spiro atoms. The molecule has 1 atom stereocenters. The molecule has 2 rings (SSSR count). The van der Waals surface area contributed by atoms with E-state index in [2.05, 4.69) is 39.7 Å². The van der Waals surface area contributed by atoms with Crippen LogP contribution in [-0.4, -0.2) is 30.6 Å². The average Bonchev–Trinajstić information content (AvgIpc) is 2.28. The highest BCUT2D eigenvalue weighted by Gasteiger charge is 2.23. The van der Waals surface area contributed by atoms with E-state index in [4.69, 9.17) is 0 Å². The fraction of sp³-hybridized carbons (Fsp3) is 0.455. The fourth-order valence-electron chi connectivity index (χ4n) is 2.06. The van der Waals surface area contributed by atoms with Crippen molar-refractivity contribution in [3.05, 3.63) is 31.9 Å². The Morgan fingerprint density at radius 2 is 2.35 bits per heavy atom. The summed E-state index contributed by atoms with van der Waals surface area (Å²) in [4.78, 5) is 12.8. The Balaban J connectivity index is 2.33. The third-order valence-electron chi connectivity index (χ3n) is 2.84. The van der Waals surface area contributed by atoms with Gasteiger partial charge in [-0.3, -0.25) is 10.1 Å². The molecular formula is C11H14IN3O2. The molecule has 1 unspecified atom stereocenters. The van der Waals surface area contributed by atoms with Crippen LogP contribution in [0.4, 0.5) is 11.4 Å². The zero-order chi connectivity index (χ0) is 12.4. The van der Waals surface area contributed by atoms with Gasteiger partial charge in [-0.2, -0.15) is 0 Å². The number of nitro groups is 1. The smallest absolute Gasteiger partial charge is 0.293 e. The number of rotatable bonds is 2. The van der Waals surface area contributed by atoms with E-state index in [0.717, 1.165) is 28.9 Å². The summed E-state index contributed by atoms with van der Waals surface area (Å²) in [6, 6.07) is 5.75. The minimum atomic E-state index is -0.301. The maximum absolute atomic E-state index is 11.1. The number of halogens is 1. The molecule has 6 heteroatoms. The zero-order valence-electron chi connectivity index (χ0n) is 9.52. The number of benzene rings is 1. The van der Waals surface area contributed by atoms with Crippen LogP contribution in [0.2, 0.25) is 0 Å². The predicted molar refractivity (Wildman–Crippen MR) is 75.5 cm³/mol.